The van der Waals surface area contributed by atoms with Crippen LogP contribution in [-0.2, 0) is 14.4 Å². The van der Waals surface area contributed by atoms with E-state index in [9.17, 15) is 14.4 Å². The summed E-state index contributed by atoms with van der Waals surface area (Å²) in [5.74, 6) is -1.33. The maximum atomic E-state index is 11.9. The highest BCUT2D eigenvalue weighted by atomic mass is 16.4. The van der Waals surface area contributed by atoms with Crippen molar-refractivity contribution in [1.29, 1.82) is 0 Å². The second-order valence-electron chi connectivity index (χ2n) is 4.40. The lowest BCUT2D eigenvalue weighted by Gasteiger charge is -2.21. The van der Waals surface area contributed by atoms with Gasteiger partial charge in [-0.1, -0.05) is 13.8 Å². The predicted octanol–water partition coefficient (Wildman–Crippen LogP) is 1.01. The summed E-state index contributed by atoms with van der Waals surface area (Å²) < 4.78 is 0. The highest BCUT2D eigenvalue weighted by Gasteiger charge is 2.12. The number of carboxylic acids is 1. The average molecular weight is 272 g/mol. The van der Waals surface area contributed by atoms with Crippen molar-refractivity contribution in [3.8, 4) is 0 Å². The Bertz CT molecular complexity index is 299. The highest BCUT2D eigenvalue weighted by molar-refractivity contribution is 5.82. The maximum Gasteiger partial charge on any atom is 0.322 e. The lowest BCUT2D eigenvalue weighted by Crippen LogP contribution is -2.33. The van der Waals surface area contributed by atoms with E-state index in [0.717, 1.165) is 25.9 Å². The molecular formula is C13H24N2O4. The summed E-state index contributed by atoms with van der Waals surface area (Å²) in [5.41, 5.74) is 0. The number of carboxylic acid groups (broad SMARTS) is 1. The third kappa shape index (κ3) is 9.04. The van der Waals surface area contributed by atoms with Gasteiger partial charge in [0, 0.05) is 25.9 Å². The zero-order chi connectivity index (χ0) is 14.7. The van der Waals surface area contributed by atoms with Crippen molar-refractivity contribution in [2.24, 2.45) is 0 Å². The summed E-state index contributed by atoms with van der Waals surface area (Å²) in [7, 11) is 0. The van der Waals surface area contributed by atoms with Crippen LogP contribution < -0.4 is 5.32 Å². The van der Waals surface area contributed by atoms with Gasteiger partial charge in [-0.2, -0.15) is 0 Å². The summed E-state index contributed by atoms with van der Waals surface area (Å²) in [5, 5.41) is 10.7. The van der Waals surface area contributed by atoms with Crippen molar-refractivity contribution in [3.63, 3.8) is 0 Å². The molecule has 0 radical (unpaired) electrons. The molecule has 0 aliphatic carbocycles. The molecule has 6 nitrogen and oxygen atoms in total. The molecule has 0 aromatic rings. The quantitative estimate of drug-likeness (QED) is 0.621. The Morgan fingerprint density at radius 1 is 1.05 bits per heavy atom. The number of rotatable bonds is 10. The minimum absolute atomic E-state index is 0.0646. The number of carbonyl (C=O) groups is 3. The van der Waals surface area contributed by atoms with E-state index in [1.54, 1.807) is 0 Å². The summed E-state index contributed by atoms with van der Waals surface area (Å²) in [4.78, 5) is 35.2. The normalized spacial score (nSPS) is 10.0. The Balaban J connectivity index is 3.87. The van der Waals surface area contributed by atoms with Gasteiger partial charge in [-0.15, -0.1) is 0 Å². The van der Waals surface area contributed by atoms with Crippen molar-refractivity contribution >= 4 is 17.8 Å². The fourth-order valence-corrected chi connectivity index (χ4v) is 1.72. The average Bonchev–Trinajstić information content (AvgIpc) is 2.36. The van der Waals surface area contributed by atoms with E-state index in [2.05, 4.69) is 5.32 Å². The van der Waals surface area contributed by atoms with Crippen LogP contribution in [-0.4, -0.2) is 47.4 Å². The largest absolute Gasteiger partial charge is 0.480 e. The van der Waals surface area contributed by atoms with Crippen LogP contribution in [0.1, 0.15) is 46.0 Å². The highest BCUT2D eigenvalue weighted by Crippen LogP contribution is 2.03. The van der Waals surface area contributed by atoms with E-state index in [4.69, 9.17) is 5.11 Å². The first-order chi connectivity index (χ1) is 9.01. The van der Waals surface area contributed by atoms with E-state index in [1.807, 2.05) is 18.7 Å². The van der Waals surface area contributed by atoms with Crippen LogP contribution in [0.25, 0.3) is 0 Å². The molecule has 0 unspecified atom stereocenters. The van der Waals surface area contributed by atoms with Gasteiger partial charge in [-0.05, 0) is 19.3 Å². The molecule has 0 saturated heterocycles. The maximum absolute atomic E-state index is 11.9. The Hall–Kier alpha value is -1.59. The van der Waals surface area contributed by atoms with Crippen molar-refractivity contribution in [3.05, 3.63) is 0 Å². The molecular weight excluding hydrogens is 248 g/mol. The summed E-state index contributed by atoms with van der Waals surface area (Å²) in [6.45, 7) is 5.17. The molecule has 0 saturated carbocycles. The summed E-state index contributed by atoms with van der Waals surface area (Å²) >= 11 is 0. The van der Waals surface area contributed by atoms with Gasteiger partial charge in [0.25, 0.3) is 0 Å². The summed E-state index contributed by atoms with van der Waals surface area (Å²) in [6, 6.07) is 0. The minimum atomic E-state index is -1.07. The van der Waals surface area contributed by atoms with Crippen LogP contribution >= 0.6 is 0 Å². The molecule has 0 aromatic heterocycles. The molecule has 0 spiro atoms. The lowest BCUT2D eigenvalue weighted by atomic mass is 10.2. The van der Waals surface area contributed by atoms with Gasteiger partial charge in [-0.3, -0.25) is 14.4 Å². The molecule has 0 bridgehead atoms. The first kappa shape index (κ1) is 17.4. The molecule has 2 N–H and O–H groups in total. The topological polar surface area (TPSA) is 86.7 Å². The first-order valence-electron chi connectivity index (χ1n) is 6.77. The van der Waals surface area contributed by atoms with Crippen LogP contribution in [0.5, 0.6) is 0 Å². The van der Waals surface area contributed by atoms with Gasteiger partial charge < -0.3 is 15.3 Å². The fourth-order valence-electron chi connectivity index (χ4n) is 1.72. The van der Waals surface area contributed by atoms with Crippen LogP contribution in [0.4, 0.5) is 0 Å². The van der Waals surface area contributed by atoms with E-state index >= 15 is 0 Å². The van der Waals surface area contributed by atoms with Gasteiger partial charge in [-0.25, -0.2) is 0 Å². The second-order valence-corrected chi connectivity index (χ2v) is 4.40. The molecule has 0 aromatic carbocycles. The number of amides is 2. The van der Waals surface area contributed by atoms with Crippen LogP contribution in [0.3, 0.4) is 0 Å². The number of hydrogen-bond acceptors (Lipinski definition) is 3. The zero-order valence-corrected chi connectivity index (χ0v) is 11.8. The monoisotopic (exact) mass is 272 g/mol. The number of aliphatic carboxylic acids is 1. The Morgan fingerprint density at radius 2 is 1.63 bits per heavy atom. The third-order valence-corrected chi connectivity index (χ3v) is 2.57. The summed E-state index contributed by atoms with van der Waals surface area (Å²) in [6.07, 6.45) is 2.81. The fraction of sp³-hybridized carbons (Fsp3) is 0.769. The molecule has 0 aliphatic rings. The van der Waals surface area contributed by atoms with E-state index in [0.29, 0.717) is 12.8 Å². The van der Waals surface area contributed by atoms with E-state index < -0.39 is 5.97 Å². The molecule has 0 fully saturated rings. The van der Waals surface area contributed by atoms with Crippen LogP contribution in [0.15, 0.2) is 0 Å². The van der Waals surface area contributed by atoms with Gasteiger partial charge >= 0.3 is 5.97 Å². The Kier molecular flexibility index (Phi) is 9.48. The number of hydrogen-bond donors (Lipinski definition) is 2. The lowest BCUT2D eigenvalue weighted by molar-refractivity contribution is -0.138. The van der Waals surface area contributed by atoms with E-state index in [-0.39, 0.29) is 24.8 Å². The molecule has 0 aliphatic heterocycles. The molecule has 19 heavy (non-hydrogen) atoms. The van der Waals surface area contributed by atoms with Crippen molar-refractivity contribution < 1.29 is 19.5 Å². The van der Waals surface area contributed by atoms with Gasteiger partial charge in [0.15, 0.2) is 0 Å². The molecule has 0 heterocycles. The van der Waals surface area contributed by atoms with Crippen LogP contribution in [0, 0.1) is 0 Å². The van der Waals surface area contributed by atoms with Gasteiger partial charge in [0.05, 0.1) is 0 Å². The minimum Gasteiger partial charge on any atom is -0.480 e. The molecule has 0 rings (SSSR count). The molecule has 0 atom stereocenters. The van der Waals surface area contributed by atoms with Gasteiger partial charge in [0.1, 0.15) is 6.54 Å². The van der Waals surface area contributed by atoms with Gasteiger partial charge in [0.2, 0.25) is 11.8 Å². The van der Waals surface area contributed by atoms with Crippen molar-refractivity contribution in [2.75, 3.05) is 19.6 Å². The Labute approximate surface area is 114 Å². The third-order valence-electron chi connectivity index (χ3n) is 2.57. The molecule has 2 amide bonds. The SMILES string of the molecule is CCCN(CCC)C(=O)CCCC(=O)NCC(=O)O. The molecule has 6 heteroatoms. The van der Waals surface area contributed by atoms with Crippen LogP contribution in [0.2, 0.25) is 0 Å². The van der Waals surface area contributed by atoms with Crippen molar-refractivity contribution in [2.45, 2.75) is 46.0 Å². The van der Waals surface area contributed by atoms with E-state index in [1.165, 1.54) is 0 Å². The first-order valence-corrected chi connectivity index (χ1v) is 6.77. The predicted molar refractivity (Wildman–Crippen MR) is 71.7 cm³/mol. The number of nitrogens with one attached hydrogen (secondary N) is 1. The standard InChI is InChI=1S/C13H24N2O4/c1-3-8-15(9-4-2)12(17)7-5-6-11(16)14-10-13(18)19/h3-10H2,1-2H3,(H,14,16)(H,18,19). The zero-order valence-electron chi connectivity index (χ0n) is 11.8. The smallest absolute Gasteiger partial charge is 0.322 e. The number of carbonyl (C=O) groups excluding carboxylic acids is 2. The van der Waals surface area contributed by atoms with Crippen molar-refractivity contribution in [1.82, 2.24) is 10.2 Å². The molecule has 110 valence electrons. The second kappa shape index (κ2) is 10.3. The Morgan fingerprint density at radius 3 is 2.11 bits per heavy atom. The number of nitrogens with zero attached hydrogens (tertiary/aromatic N) is 1.